The molecule has 148 valence electrons. The third kappa shape index (κ3) is 5.03. The Balaban J connectivity index is 1.45. The minimum Gasteiger partial charge on any atom is -0.506 e. The number of para-hydroxylation sites is 2. The number of anilines is 1. The molecule has 0 unspecified atom stereocenters. The summed E-state index contributed by atoms with van der Waals surface area (Å²) < 4.78 is 5.63. The number of benzene rings is 2. The highest BCUT2D eigenvalue weighted by Crippen LogP contribution is 2.25. The number of nitrogens with one attached hydrogen (secondary N) is 1. The molecule has 2 N–H and O–H groups in total. The molecule has 0 spiro atoms. The topological polar surface area (TPSA) is 78.9 Å². The van der Waals surface area contributed by atoms with Gasteiger partial charge >= 0.3 is 0 Å². The van der Waals surface area contributed by atoms with Crippen LogP contribution < -0.4 is 10.1 Å². The van der Waals surface area contributed by atoms with E-state index in [9.17, 15) is 14.7 Å². The van der Waals surface area contributed by atoms with Crippen LogP contribution in [-0.4, -0.2) is 41.5 Å². The average molecular weight is 382 g/mol. The molecule has 1 saturated heterocycles. The van der Waals surface area contributed by atoms with E-state index >= 15 is 0 Å². The minimum atomic E-state index is -0.175. The number of amides is 2. The Bertz CT molecular complexity index is 829. The van der Waals surface area contributed by atoms with Gasteiger partial charge in [-0.3, -0.25) is 9.59 Å². The largest absolute Gasteiger partial charge is 0.506 e. The van der Waals surface area contributed by atoms with Crippen LogP contribution in [0.3, 0.4) is 0 Å². The van der Waals surface area contributed by atoms with Gasteiger partial charge in [-0.05, 0) is 49.1 Å². The zero-order valence-corrected chi connectivity index (χ0v) is 16.1. The van der Waals surface area contributed by atoms with Crippen LogP contribution in [0.5, 0.6) is 11.5 Å². The Morgan fingerprint density at radius 3 is 2.61 bits per heavy atom. The van der Waals surface area contributed by atoms with Crippen molar-refractivity contribution >= 4 is 17.5 Å². The molecule has 1 heterocycles. The van der Waals surface area contributed by atoms with Crippen molar-refractivity contribution in [1.82, 2.24) is 4.90 Å². The molecule has 0 aromatic heterocycles. The van der Waals surface area contributed by atoms with Crippen molar-refractivity contribution in [2.24, 2.45) is 5.92 Å². The highest BCUT2D eigenvalue weighted by Gasteiger charge is 2.27. The van der Waals surface area contributed by atoms with Gasteiger partial charge in [0.15, 0.2) is 6.61 Å². The van der Waals surface area contributed by atoms with Crippen LogP contribution in [0.25, 0.3) is 0 Å². The maximum absolute atomic E-state index is 12.4. The van der Waals surface area contributed by atoms with Crippen molar-refractivity contribution in [3.8, 4) is 11.5 Å². The highest BCUT2D eigenvalue weighted by atomic mass is 16.5. The number of aryl methyl sites for hydroxylation is 1. The van der Waals surface area contributed by atoms with Crippen molar-refractivity contribution in [3.05, 3.63) is 54.1 Å². The number of rotatable bonds is 6. The maximum Gasteiger partial charge on any atom is 0.260 e. The first kappa shape index (κ1) is 19.7. The number of nitrogens with zero attached hydrogens (tertiary/aromatic N) is 1. The van der Waals surface area contributed by atoms with E-state index in [4.69, 9.17) is 4.74 Å². The molecule has 0 atom stereocenters. The van der Waals surface area contributed by atoms with E-state index in [0.29, 0.717) is 37.4 Å². The molecule has 1 fully saturated rings. The van der Waals surface area contributed by atoms with E-state index in [-0.39, 0.29) is 30.1 Å². The molecule has 2 aromatic rings. The van der Waals surface area contributed by atoms with Gasteiger partial charge in [-0.2, -0.15) is 0 Å². The zero-order valence-electron chi connectivity index (χ0n) is 16.1. The van der Waals surface area contributed by atoms with Crippen LogP contribution >= 0.6 is 0 Å². The second-order valence-corrected chi connectivity index (χ2v) is 6.95. The Kier molecular flexibility index (Phi) is 6.53. The number of carbonyl (C=O) groups is 2. The fourth-order valence-electron chi connectivity index (χ4n) is 3.30. The molecule has 0 saturated carbocycles. The summed E-state index contributed by atoms with van der Waals surface area (Å²) in [4.78, 5) is 26.6. The lowest BCUT2D eigenvalue weighted by Gasteiger charge is -2.31. The molecule has 3 rings (SSSR count). The average Bonchev–Trinajstić information content (AvgIpc) is 2.74. The predicted octanol–water partition coefficient (Wildman–Crippen LogP) is 3.21. The van der Waals surface area contributed by atoms with Crippen LogP contribution in [0.2, 0.25) is 0 Å². The van der Waals surface area contributed by atoms with Crippen molar-refractivity contribution in [3.63, 3.8) is 0 Å². The van der Waals surface area contributed by atoms with Gasteiger partial charge in [-0.25, -0.2) is 0 Å². The van der Waals surface area contributed by atoms with Gasteiger partial charge in [0, 0.05) is 19.0 Å². The lowest BCUT2D eigenvalue weighted by Crippen LogP contribution is -2.43. The van der Waals surface area contributed by atoms with Crippen LogP contribution in [0.4, 0.5) is 5.69 Å². The van der Waals surface area contributed by atoms with Gasteiger partial charge in [0.25, 0.3) is 5.91 Å². The van der Waals surface area contributed by atoms with Gasteiger partial charge in [-0.1, -0.05) is 31.2 Å². The first-order chi connectivity index (χ1) is 13.6. The number of carbonyl (C=O) groups excluding carboxylic acids is 2. The molecule has 0 bridgehead atoms. The number of piperidine rings is 1. The van der Waals surface area contributed by atoms with Crippen LogP contribution in [0.15, 0.2) is 48.5 Å². The summed E-state index contributed by atoms with van der Waals surface area (Å²) in [7, 11) is 0. The number of aromatic hydroxyl groups is 1. The minimum absolute atomic E-state index is 0.00190. The van der Waals surface area contributed by atoms with Gasteiger partial charge < -0.3 is 20.1 Å². The molecule has 1 aliphatic heterocycles. The number of hydrogen-bond acceptors (Lipinski definition) is 4. The van der Waals surface area contributed by atoms with E-state index in [1.54, 1.807) is 23.1 Å². The number of phenols is 1. The standard InChI is InChI=1S/C22H26N2O4/c1-2-16-6-5-7-18(14-16)28-15-21(26)24-12-10-17(11-13-24)22(27)23-19-8-3-4-9-20(19)25/h3-9,14,17,25H,2,10-13,15H2,1H3,(H,23,27). The fraction of sp³-hybridized carbons (Fsp3) is 0.364. The molecule has 6 nitrogen and oxygen atoms in total. The monoisotopic (exact) mass is 382 g/mol. The van der Waals surface area contributed by atoms with Gasteiger partial charge in [-0.15, -0.1) is 0 Å². The SMILES string of the molecule is CCc1cccc(OCC(=O)N2CCC(C(=O)Nc3ccccc3O)CC2)c1. The van der Waals surface area contributed by atoms with Crippen LogP contribution in [0.1, 0.15) is 25.3 Å². The molecule has 2 aromatic carbocycles. The molecule has 0 radical (unpaired) electrons. The predicted molar refractivity (Wildman–Crippen MR) is 107 cm³/mol. The molecule has 28 heavy (non-hydrogen) atoms. The van der Waals surface area contributed by atoms with Gasteiger partial charge in [0.1, 0.15) is 11.5 Å². The quantitative estimate of drug-likeness (QED) is 0.752. The first-order valence-electron chi connectivity index (χ1n) is 9.65. The summed E-state index contributed by atoms with van der Waals surface area (Å²) in [5.74, 6) is 0.380. The van der Waals surface area contributed by atoms with Crippen molar-refractivity contribution in [2.75, 3.05) is 25.0 Å². The van der Waals surface area contributed by atoms with E-state index in [2.05, 4.69) is 12.2 Å². The number of ether oxygens (including phenoxy) is 1. The van der Waals surface area contributed by atoms with E-state index < -0.39 is 0 Å². The Morgan fingerprint density at radius 1 is 1.14 bits per heavy atom. The van der Waals surface area contributed by atoms with Gasteiger partial charge in [0.05, 0.1) is 5.69 Å². The van der Waals surface area contributed by atoms with Crippen LogP contribution in [0, 0.1) is 5.92 Å². The summed E-state index contributed by atoms with van der Waals surface area (Å²) in [5.41, 5.74) is 1.58. The molecular weight excluding hydrogens is 356 g/mol. The van der Waals surface area contributed by atoms with Crippen molar-refractivity contribution in [2.45, 2.75) is 26.2 Å². The zero-order chi connectivity index (χ0) is 19.9. The van der Waals surface area contributed by atoms with Gasteiger partial charge in [0.2, 0.25) is 5.91 Å². The molecule has 1 aliphatic rings. The highest BCUT2D eigenvalue weighted by molar-refractivity contribution is 5.94. The molecular formula is C22H26N2O4. The second-order valence-electron chi connectivity index (χ2n) is 6.95. The maximum atomic E-state index is 12.4. The normalized spacial score (nSPS) is 14.5. The smallest absolute Gasteiger partial charge is 0.260 e. The van der Waals surface area contributed by atoms with Crippen molar-refractivity contribution in [1.29, 1.82) is 0 Å². The molecule has 6 heteroatoms. The lowest BCUT2D eigenvalue weighted by atomic mass is 9.95. The summed E-state index contributed by atoms with van der Waals surface area (Å²) in [5, 5.41) is 12.5. The van der Waals surface area contributed by atoms with E-state index in [1.807, 2.05) is 24.3 Å². The summed E-state index contributed by atoms with van der Waals surface area (Å²) in [6.07, 6.45) is 2.11. The second kappa shape index (κ2) is 9.26. The fourth-order valence-corrected chi connectivity index (χ4v) is 3.30. The number of hydrogen-bond donors (Lipinski definition) is 2. The molecule has 0 aliphatic carbocycles. The first-order valence-corrected chi connectivity index (χ1v) is 9.65. The summed E-state index contributed by atoms with van der Waals surface area (Å²) in [6, 6.07) is 14.4. The molecule has 2 amide bonds. The lowest BCUT2D eigenvalue weighted by molar-refractivity contribution is -0.136. The third-order valence-electron chi connectivity index (χ3n) is 5.05. The Morgan fingerprint density at radius 2 is 1.89 bits per heavy atom. The van der Waals surface area contributed by atoms with Crippen molar-refractivity contribution < 1.29 is 19.4 Å². The summed E-state index contributed by atoms with van der Waals surface area (Å²) >= 11 is 0. The van der Waals surface area contributed by atoms with E-state index in [0.717, 1.165) is 6.42 Å². The Labute approximate surface area is 165 Å². The number of likely N-dealkylation sites (tertiary alicyclic amines) is 1. The van der Waals surface area contributed by atoms with E-state index in [1.165, 1.54) is 11.6 Å². The third-order valence-corrected chi connectivity index (χ3v) is 5.05. The summed E-state index contributed by atoms with van der Waals surface area (Å²) in [6.45, 7) is 3.12. The number of phenolic OH excluding ortho intramolecular Hbond substituents is 1. The van der Waals surface area contributed by atoms with Crippen LogP contribution in [-0.2, 0) is 16.0 Å². The Hall–Kier alpha value is -3.02.